The van der Waals surface area contributed by atoms with E-state index < -0.39 is 6.10 Å². The second kappa shape index (κ2) is 11.4. The highest BCUT2D eigenvalue weighted by Gasteiger charge is 2.23. The van der Waals surface area contributed by atoms with E-state index in [1.54, 1.807) is 0 Å². The number of ether oxygens (including phenoxy) is 1. The zero-order valence-corrected chi connectivity index (χ0v) is 17.4. The molecule has 0 amide bonds. The maximum absolute atomic E-state index is 10.6. The van der Waals surface area contributed by atoms with E-state index in [2.05, 4.69) is 28.9 Å². The molecule has 3 atom stereocenters. The van der Waals surface area contributed by atoms with E-state index in [4.69, 9.17) is 4.74 Å². The molecule has 5 nitrogen and oxygen atoms in total. The summed E-state index contributed by atoms with van der Waals surface area (Å²) in [7, 11) is 0. The van der Waals surface area contributed by atoms with Crippen LogP contribution in [0.4, 0.5) is 0 Å². The second-order valence-corrected chi connectivity index (χ2v) is 8.02. The van der Waals surface area contributed by atoms with E-state index in [0.29, 0.717) is 26.3 Å². The van der Waals surface area contributed by atoms with Gasteiger partial charge in [0.05, 0.1) is 25.4 Å². The van der Waals surface area contributed by atoms with Gasteiger partial charge in [-0.1, -0.05) is 67.6 Å². The lowest BCUT2D eigenvalue weighted by atomic mass is 9.95. The molecule has 158 valence electrons. The Morgan fingerprint density at radius 2 is 1.38 bits per heavy atom. The van der Waals surface area contributed by atoms with E-state index in [0.717, 1.165) is 31.7 Å². The Morgan fingerprint density at radius 1 is 0.828 bits per heavy atom. The van der Waals surface area contributed by atoms with Crippen molar-refractivity contribution in [1.82, 2.24) is 9.80 Å². The van der Waals surface area contributed by atoms with Crippen molar-refractivity contribution in [2.45, 2.75) is 31.7 Å². The SMILES string of the molecule is CC(c1ccccc1)C(O)CN1CCN(CC(O)COCc2ccccc2)CC1. The highest BCUT2D eigenvalue weighted by atomic mass is 16.5. The summed E-state index contributed by atoms with van der Waals surface area (Å²) < 4.78 is 5.65. The van der Waals surface area contributed by atoms with E-state index in [1.165, 1.54) is 5.56 Å². The first-order valence-electron chi connectivity index (χ1n) is 10.6. The van der Waals surface area contributed by atoms with Crippen LogP contribution in [0.25, 0.3) is 0 Å². The molecule has 0 bridgehead atoms. The number of aliphatic hydroxyl groups excluding tert-OH is 2. The number of piperazine rings is 1. The van der Waals surface area contributed by atoms with Crippen molar-refractivity contribution in [2.75, 3.05) is 45.9 Å². The van der Waals surface area contributed by atoms with Gasteiger partial charge in [0.1, 0.15) is 0 Å². The molecule has 0 aliphatic carbocycles. The molecule has 3 unspecified atom stereocenters. The Balaban J connectivity index is 1.32. The van der Waals surface area contributed by atoms with Crippen LogP contribution in [0.3, 0.4) is 0 Å². The number of nitrogens with zero attached hydrogens (tertiary/aromatic N) is 2. The van der Waals surface area contributed by atoms with Crippen molar-refractivity contribution in [2.24, 2.45) is 0 Å². The van der Waals surface area contributed by atoms with Crippen LogP contribution in [-0.4, -0.2) is 78.1 Å². The maximum Gasteiger partial charge on any atom is 0.0900 e. The van der Waals surface area contributed by atoms with Crippen LogP contribution in [-0.2, 0) is 11.3 Å². The first kappa shape index (κ1) is 21.9. The van der Waals surface area contributed by atoms with Crippen LogP contribution in [0.2, 0.25) is 0 Å². The summed E-state index contributed by atoms with van der Waals surface area (Å²) in [6.07, 6.45) is -0.852. The Hall–Kier alpha value is -1.76. The van der Waals surface area contributed by atoms with Gasteiger partial charge in [-0.2, -0.15) is 0 Å². The third-order valence-electron chi connectivity index (χ3n) is 5.70. The fourth-order valence-electron chi connectivity index (χ4n) is 3.79. The van der Waals surface area contributed by atoms with Crippen LogP contribution < -0.4 is 0 Å². The minimum Gasteiger partial charge on any atom is -0.391 e. The third kappa shape index (κ3) is 7.21. The molecule has 0 radical (unpaired) electrons. The molecule has 0 spiro atoms. The van der Waals surface area contributed by atoms with Crippen molar-refractivity contribution < 1.29 is 14.9 Å². The minimum absolute atomic E-state index is 0.123. The van der Waals surface area contributed by atoms with Crippen molar-refractivity contribution >= 4 is 0 Å². The molecular formula is C24H34N2O3. The lowest BCUT2D eigenvalue weighted by Gasteiger charge is -2.37. The molecule has 1 heterocycles. The van der Waals surface area contributed by atoms with Crippen molar-refractivity contribution in [3.05, 3.63) is 71.8 Å². The fraction of sp³-hybridized carbons (Fsp3) is 0.500. The van der Waals surface area contributed by atoms with Gasteiger partial charge >= 0.3 is 0 Å². The van der Waals surface area contributed by atoms with Gasteiger partial charge in [-0.15, -0.1) is 0 Å². The number of benzene rings is 2. The van der Waals surface area contributed by atoms with Gasteiger partial charge in [0, 0.05) is 45.2 Å². The zero-order chi connectivity index (χ0) is 20.5. The van der Waals surface area contributed by atoms with Crippen molar-refractivity contribution in [3.63, 3.8) is 0 Å². The fourth-order valence-corrected chi connectivity index (χ4v) is 3.79. The Kier molecular flexibility index (Phi) is 8.65. The molecule has 0 saturated carbocycles. The number of hydrogen-bond acceptors (Lipinski definition) is 5. The largest absolute Gasteiger partial charge is 0.391 e. The van der Waals surface area contributed by atoms with Gasteiger partial charge in [-0.05, 0) is 11.1 Å². The summed E-state index contributed by atoms with van der Waals surface area (Å²) in [5, 5.41) is 20.9. The van der Waals surface area contributed by atoms with Crippen molar-refractivity contribution in [1.29, 1.82) is 0 Å². The quantitative estimate of drug-likeness (QED) is 0.643. The summed E-state index contributed by atoms with van der Waals surface area (Å²) in [6, 6.07) is 20.2. The standard InChI is InChI=1S/C24H34N2O3/c1-20(22-10-6-3-7-11-22)24(28)17-26-14-12-25(13-15-26)16-23(27)19-29-18-21-8-4-2-5-9-21/h2-11,20,23-24,27-28H,12-19H2,1H3. The Labute approximate surface area is 174 Å². The molecule has 0 aromatic heterocycles. The van der Waals surface area contributed by atoms with Gasteiger partial charge in [-0.25, -0.2) is 0 Å². The molecule has 29 heavy (non-hydrogen) atoms. The van der Waals surface area contributed by atoms with Crippen LogP contribution in [0.5, 0.6) is 0 Å². The number of rotatable bonds is 10. The van der Waals surface area contributed by atoms with Crippen LogP contribution in [0.15, 0.2) is 60.7 Å². The lowest BCUT2D eigenvalue weighted by molar-refractivity contribution is -0.00288. The molecule has 2 aromatic rings. The molecule has 5 heteroatoms. The van der Waals surface area contributed by atoms with E-state index >= 15 is 0 Å². The highest BCUT2D eigenvalue weighted by molar-refractivity contribution is 5.20. The number of hydrogen-bond donors (Lipinski definition) is 2. The minimum atomic E-state index is -0.478. The topological polar surface area (TPSA) is 56.2 Å². The van der Waals surface area contributed by atoms with Crippen molar-refractivity contribution in [3.8, 4) is 0 Å². The van der Waals surface area contributed by atoms with Gasteiger partial charge in [0.2, 0.25) is 0 Å². The summed E-state index contributed by atoms with van der Waals surface area (Å²) in [5.74, 6) is 0.123. The molecular weight excluding hydrogens is 364 g/mol. The molecule has 2 aromatic carbocycles. The van der Waals surface area contributed by atoms with Crippen LogP contribution in [0, 0.1) is 0 Å². The Morgan fingerprint density at radius 3 is 2.00 bits per heavy atom. The van der Waals surface area contributed by atoms with Crippen LogP contribution in [0.1, 0.15) is 24.0 Å². The number of β-amino-alcohol motifs (C(OH)–C–C–N with tert-alkyl or cyclic N) is 2. The van der Waals surface area contributed by atoms with Gasteiger partial charge < -0.3 is 14.9 Å². The molecule has 1 saturated heterocycles. The molecule has 1 fully saturated rings. The normalized spacial score (nSPS) is 19.0. The van der Waals surface area contributed by atoms with Gasteiger partial charge in [-0.3, -0.25) is 9.80 Å². The molecule has 2 N–H and O–H groups in total. The molecule has 1 aliphatic rings. The van der Waals surface area contributed by atoms with Crippen LogP contribution >= 0.6 is 0 Å². The van der Waals surface area contributed by atoms with E-state index in [9.17, 15) is 10.2 Å². The average Bonchev–Trinajstić information content (AvgIpc) is 2.76. The second-order valence-electron chi connectivity index (χ2n) is 8.02. The summed E-state index contributed by atoms with van der Waals surface area (Å²) in [5.41, 5.74) is 2.30. The first-order valence-corrected chi connectivity index (χ1v) is 10.6. The lowest BCUT2D eigenvalue weighted by Crippen LogP contribution is -2.51. The first-order chi connectivity index (χ1) is 14.1. The summed E-state index contributed by atoms with van der Waals surface area (Å²) in [6.45, 7) is 7.92. The molecule has 1 aliphatic heterocycles. The van der Waals surface area contributed by atoms with E-state index in [1.807, 2.05) is 48.5 Å². The number of aliphatic hydroxyl groups is 2. The predicted molar refractivity (Wildman–Crippen MR) is 116 cm³/mol. The monoisotopic (exact) mass is 398 g/mol. The zero-order valence-electron chi connectivity index (χ0n) is 17.4. The predicted octanol–water partition coefficient (Wildman–Crippen LogP) is 2.35. The summed E-state index contributed by atoms with van der Waals surface area (Å²) >= 11 is 0. The third-order valence-corrected chi connectivity index (χ3v) is 5.70. The van der Waals surface area contributed by atoms with E-state index in [-0.39, 0.29) is 12.0 Å². The summed E-state index contributed by atoms with van der Waals surface area (Å²) in [4.78, 5) is 4.60. The molecule has 3 rings (SSSR count). The Bertz CT molecular complexity index is 690. The highest BCUT2D eigenvalue weighted by Crippen LogP contribution is 2.20. The van der Waals surface area contributed by atoms with Gasteiger partial charge in [0.25, 0.3) is 0 Å². The van der Waals surface area contributed by atoms with Gasteiger partial charge in [0.15, 0.2) is 0 Å². The maximum atomic E-state index is 10.6. The smallest absolute Gasteiger partial charge is 0.0900 e. The average molecular weight is 399 g/mol.